The highest BCUT2D eigenvalue weighted by atomic mass is 16.5. The summed E-state index contributed by atoms with van der Waals surface area (Å²) >= 11 is 0. The molecular weight excluding hydrogens is 246 g/mol. The summed E-state index contributed by atoms with van der Waals surface area (Å²) in [5, 5.41) is 3.73. The van der Waals surface area contributed by atoms with E-state index in [9.17, 15) is 0 Å². The summed E-state index contributed by atoms with van der Waals surface area (Å²) in [5.74, 6) is 1.02. The second-order valence-electron chi connectivity index (χ2n) is 6.03. The summed E-state index contributed by atoms with van der Waals surface area (Å²) in [4.78, 5) is 0. The van der Waals surface area contributed by atoms with Crippen LogP contribution in [0.4, 0.5) is 5.69 Å². The van der Waals surface area contributed by atoms with Gasteiger partial charge in [-0.3, -0.25) is 0 Å². The van der Waals surface area contributed by atoms with E-state index in [2.05, 4.69) is 37.4 Å². The third-order valence-corrected chi connectivity index (χ3v) is 4.06. The van der Waals surface area contributed by atoms with Gasteiger partial charge >= 0.3 is 0 Å². The Morgan fingerprint density at radius 2 is 1.80 bits per heavy atom. The molecule has 1 aliphatic carbocycles. The maximum atomic E-state index is 5.90. The number of hydrogen-bond donors (Lipinski definition) is 1. The zero-order chi connectivity index (χ0) is 14.2. The molecule has 1 aliphatic rings. The lowest BCUT2D eigenvalue weighted by atomic mass is 9.96. The van der Waals surface area contributed by atoms with Gasteiger partial charge in [-0.05, 0) is 43.9 Å². The van der Waals surface area contributed by atoms with E-state index in [-0.39, 0.29) is 0 Å². The van der Waals surface area contributed by atoms with Crippen LogP contribution in [0.25, 0.3) is 0 Å². The van der Waals surface area contributed by atoms with E-state index in [1.54, 1.807) is 0 Å². The molecule has 0 radical (unpaired) electrons. The lowest BCUT2D eigenvalue weighted by molar-refractivity contribution is 0.318. The second-order valence-corrected chi connectivity index (χ2v) is 6.03. The largest absolute Gasteiger partial charge is 0.491 e. The fourth-order valence-electron chi connectivity index (χ4n) is 2.90. The molecule has 0 spiro atoms. The molecule has 2 nitrogen and oxygen atoms in total. The molecule has 20 heavy (non-hydrogen) atoms. The van der Waals surface area contributed by atoms with Gasteiger partial charge in [-0.2, -0.15) is 0 Å². The third-order valence-electron chi connectivity index (χ3n) is 4.06. The number of rotatable bonds is 5. The van der Waals surface area contributed by atoms with Crippen LogP contribution in [-0.4, -0.2) is 12.6 Å². The molecule has 112 valence electrons. The lowest BCUT2D eigenvalue weighted by Gasteiger charge is -2.23. The van der Waals surface area contributed by atoms with Gasteiger partial charge in [0.1, 0.15) is 5.75 Å². The van der Waals surface area contributed by atoms with Crippen molar-refractivity contribution in [2.75, 3.05) is 11.9 Å². The van der Waals surface area contributed by atoms with Crippen LogP contribution in [0.15, 0.2) is 18.2 Å². The predicted molar refractivity (Wildman–Crippen MR) is 86.7 cm³/mol. The SMILES string of the molecule is CCCOc1cc(C)ccc1NC1CCCCCCC1. The second kappa shape index (κ2) is 8.18. The van der Waals surface area contributed by atoms with Crippen molar-refractivity contribution in [2.24, 2.45) is 0 Å². The van der Waals surface area contributed by atoms with Gasteiger partial charge in [0.15, 0.2) is 0 Å². The summed E-state index contributed by atoms with van der Waals surface area (Å²) in [6, 6.07) is 7.12. The molecule has 0 bridgehead atoms. The average molecular weight is 275 g/mol. The van der Waals surface area contributed by atoms with Crippen LogP contribution in [0.2, 0.25) is 0 Å². The Kier molecular flexibility index (Phi) is 6.23. The highest BCUT2D eigenvalue weighted by molar-refractivity contribution is 5.58. The van der Waals surface area contributed by atoms with E-state index >= 15 is 0 Å². The molecule has 0 saturated heterocycles. The van der Waals surface area contributed by atoms with E-state index in [1.807, 2.05) is 0 Å². The molecule has 1 aromatic carbocycles. The standard InChI is InChI=1S/C18H29NO/c1-3-13-20-18-14-15(2)11-12-17(18)19-16-9-7-5-4-6-8-10-16/h11-12,14,16,19H,3-10,13H2,1-2H3. The summed E-state index contributed by atoms with van der Waals surface area (Å²) in [7, 11) is 0. The molecule has 2 heteroatoms. The first-order valence-electron chi connectivity index (χ1n) is 8.29. The van der Waals surface area contributed by atoms with Crippen molar-refractivity contribution in [3.8, 4) is 5.75 Å². The van der Waals surface area contributed by atoms with Gasteiger partial charge < -0.3 is 10.1 Å². The Morgan fingerprint density at radius 1 is 1.10 bits per heavy atom. The minimum absolute atomic E-state index is 0.613. The first-order chi connectivity index (χ1) is 9.79. The number of aryl methyl sites for hydroxylation is 1. The summed E-state index contributed by atoms with van der Waals surface area (Å²) in [5.41, 5.74) is 2.44. The van der Waals surface area contributed by atoms with Gasteiger partial charge in [0, 0.05) is 6.04 Å². The minimum atomic E-state index is 0.613. The minimum Gasteiger partial charge on any atom is -0.491 e. The van der Waals surface area contributed by atoms with Crippen molar-refractivity contribution >= 4 is 5.69 Å². The van der Waals surface area contributed by atoms with Gasteiger partial charge in [-0.15, -0.1) is 0 Å². The van der Waals surface area contributed by atoms with Crippen LogP contribution in [0.1, 0.15) is 63.9 Å². The smallest absolute Gasteiger partial charge is 0.142 e. The van der Waals surface area contributed by atoms with Crippen LogP contribution in [-0.2, 0) is 0 Å². The number of hydrogen-bond acceptors (Lipinski definition) is 2. The lowest BCUT2D eigenvalue weighted by Crippen LogP contribution is -2.21. The van der Waals surface area contributed by atoms with E-state index in [4.69, 9.17) is 4.74 Å². The molecule has 2 rings (SSSR count). The quantitative estimate of drug-likeness (QED) is 0.786. The highest BCUT2D eigenvalue weighted by Gasteiger charge is 2.13. The molecule has 1 N–H and O–H groups in total. The van der Waals surface area contributed by atoms with Gasteiger partial charge in [-0.25, -0.2) is 0 Å². The molecule has 0 aliphatic heterocycles. The molecule has 1 fully saturated rings. The maximum Gasteiger partial charge on any atom is 0.142 e. The fourth-order valence-corrected chi connectivity index (χ4v) is 2.90. The summed E-state index contributed by atoms with van der Waals surface area (Å²) < 4.78 is 5.90. The van der Waals surface area contributed by atoms with Crippen LogP contribution >= 0.6 is 0 Å². The van der Waals surface area contributed by atoms with Crippen LogP contribution in [0, 0.1) is 6.92 Å². The molecule has 0 heterocycles. The molecule has 0 atom stereocenters. The number of nitrogens with one attached hydrogen (secondary N) is 1. The van der Waals surface area contributed by atoms with E-state index in [0.717, 1.165) is 18.8 Å². The topological polar surface area (TPSA) is 21.3 Å². The van der Waals surface area contributed by atoms with Crippen LogP contribution in [0.3, 0.4) is 0 Å². The Morgan fingerprint density at radius 3 is 2.50 bits per heavy atom. The van der Waals surface area contributed by atoms with Crippen LogP contribution in [0.5, 0.6) is 5.75 Å². The van der Waals surface area contributed by atoms with Gasteiger partial charge in [-0.1, -0.05) is 45.1 Å². The summed E-state index contributed by atoms with van der Waals surface area (Å²) in [6.45, 7) is 5.07. The molecule has 1 saturated carbocycles. The number of benzene rings is 1. The normalized spacial score (nSPS) is 17.3. The zero-order valence-corrected chi connectivity index (χ0v) is 13.1. The Bertz CT molecular complexity index is 394. The van der Waals surface area contributed by atoms with Crippen molar-refractivity contribution in [3.63, 3.8) is 0 Å². The number of anilines is 1. The van der Waals surface area contributed by atoms with Crippen molar-refractivity contribution in [1.29, 1.82) is 0 Å². The van der Waals surface area contributed by atoms with Crippen LogP contribution < -0.4 is 10.1 Å². The average Bonchev–Trinajstić information content (AvgIpc) is 2.41. The monoisotopic (exact) mass is 275 g/mol. The van der Waals surface area contributed by atoms with E-state index < -0.39 is 0 Å². The molecule has 1 aromatic rings. The predicted octanol–water partition coefficient (Wildman–Crippen LogP) is 5.31. The third kappa shape index (κ3) is 4.73. The van der Waals surface area contributed by atoms with Gasteiger partial charge in [0.2, 0.25) is 0 Å². The van der Waals surface area contributed by atoms with Gasteiger partial charge in [0.05, 0.1) is 12.3 Å². The Balaban J connectivity index is 2.02. The molecule has 0 aromatic heterocycles. The first-order valence-corrected chi connectivity index (χ1v) is 8.29. The Hall–Kier alpha value is -1.18. The number of ether oxygens (including phenoxy) is 1. The fraction of sp³-hybridized carbons (Fsp3) is 0.667. The highest BCUT2D eigenvalue weighted by Crippen LogP contribution is 2.29. The van der Waals surface area contributed by atoms with Gasteiger partial charge in [0.25, 0.3) is 0 Å². The van der Waals surface area contributed by atoms with Crippen molar-refractivity contribution in [3.05, 3.63) is 23.8 Å². The molecule has 0 amide bonds. The van der Waals surface area contributed by atoms with Crippen molar-refractivity contribution in [1.82, 2.24) is 0 Å². The van der Waals surface area contributed by atoms with E-state index in [1.165, 1.54) is 56.2 Å². The molecular formula is C18H29NO. The zero-order valence-electron chi connectivity index (χ0n) is 13.1. The van der Waals surface area contributed by atoms with Crippen molar-refractivity contribution in [2.45, 2.75) is 71.3 Å². The Labute approximate surface area is 123 Å². The van der Waals surface area contributed by atoms with Crippen molar-refractivity contribution < 1.29 is 4.74 Å². The summed E-state index contributed by atoms with van der Waals surface area (Å²) in [6.07, 6.45) is 10.6. The van der Waals surface area contributed by atoms with E-state index in [0.29, 0.717) is 6.04 Å². The maximum absolute atomic E-state index is 5.90. The first kappa shape index (κ1) is 15.2. The molecule has 0 unspecified atom stereocenters.